The number of nitrogen functional groups attached to an aromatic ring is 1. The maximum Gasteiger partial charge on any atom is 0.311 e. The van der Waals surface area contributed by atoms with E-state index in [1.165, 1.54) is 17.7 Å². The standard InChI is InChI=1S/C24H28N8O2/c1-15-14-31-21(28-15)13-18(16-5-7-17(8-6-16)24(2,3)4)29-23(31)27-12-11-26-20-10-9-19(32(33)34)22(25)30-20/h5-10,13-14H,11-12H2,1-4H3,(H,27,29)(H3,25,26,30). The fourth-order valence-corrected chi connectivity index (χ4v) is 3.61. The van der Waals surface area contributed by atoms with Gasteiger partial charge in [-0.1, -0.05) is 45.0 Å². The molecule has 0 saturated carbocycles. The number of nitrogens with zero attached hydrogens (tertiary/aromatic N) is 5. The Kier molecular flexibility index (Phi) is 6.06. The lowest BCUT2D eigenvalue weighted by molar-refractivity contribution is -0.384. The highest BCUT2D eigenvalue weighted by atomic mass is 16.6. The van der Waals surface area contributed by atoms with Crippen molar-refractivity contribution in [3.63, 3.8) is 0 Å². The van der Waals surface area contributed by atoms with E-state index in [-0.39, 0.29) is 16.9 Å². The second-order valence-electron chi connectivity index (χ2n) is 9.11. The molecule has 4 aromatic rings. The Labute approximate surface area is 197 Å². The third kappa shape index (κ3) is 4.90. The highest BCUT2D eigenvalue weighted by Crippen LogP contribution is 2.27. The van der Waals surface area contributed by atoms with Gasteiger partial charge in [-0.25, -0.2) is 15.0 Å². The van der Waals surface area contributed by atoms with Gasteiger partial charge in [-0.15, -0.1) is 0 Å². The average Bonchev–Trinajstić information content (AvgIpc) is 3.16. The Morgan fingerprint density at radius 3 is 2.38 bits per heavy atom. The summed E-state index contributed by atoms with van der Waals surface area (Å²) in [6.45, 7) is 9.55. The van der Waals surface area contributed by atoms with Crippen molar-refractivity contribution in [3.05, 3.63) is 70.0 Å². The maximum absolute atomic E-state index is 10.9. The molecule has 3 heterocycles. The summed E-state index contributed by atoms with van der Waals surface area (Å²) >= 11 is 0. The number of nitro groups is 1. The first-order chi connectivity index (χ1) is 16.1. The van der Waals surface area contributed by atoms with Crippen LogP contribution in [0.3, 0.4) is 0 Å². The van der Waals surface area contributed by atoms with E-state index >= 15 is 0 Å². The molecular formula is C24H28N8O2. The normalized spacial score (nSPS) is 11.5. The summed E-state index contributed by atoms with van der Waals surface area (Å²) in [5.41, 5.74) is 10.3. The lowest BCUT2D eigenvalue weighted by Crippen LogP contribution is -2.17. The predicted octanol–water partition coefficient (Wildman–Crippen LogP) is 4.41. The van der Waals surface area contributed by atoms with E-state index in [0.29, 0.717) is 24.9 Å². The molecule has 34 heavy (non-hydrogen) atoms. The molecule has 0 aliphatic heterocycles. The second-order valence-corrected chi connectivity index (χ2v) is 9.11. The summed E-state index contributed by atoms with van der Waals surface area (Å²) in [6, 6.07) is 13.3. The molecule has 0 fully saturated rings. The van der Waals surface area contributed by atoms with Crippen LogP contribution >= 0.6 is 0 Å². The van der Waals surface area contributed by atoms with Gasteiger partial charge in [0.05, 0.1) is 16.3 Å². The van der Waals surface area contributed by atoms with Crippen molar-refractivity contribution in [2.24, 2.45) is 0 Å². The van der Waals surface area contributed by atoms with Crippen LogP contribution in [0.15, 0.2) is 48.7 Å². The van der Waals surface area contributed by atoms with Crippen LogP contribution < -0.4 is 16.4 Å². The van der Waals surface area contributed by atoms with E-state index in [1.807, 2.05) is 23.6 Å². The summed E-state index contributed by atoms with van der Waals surface area (Å²) in [5.74, 6) is 1.02. The molecule has 0 saturated heterocycles. The van der Waals surface area contributed by atoms with Crippen LogP contribution in [0.5, 0.6) is 0 Å². The highest BCUT2D eigenvalue weighted by molar-refractivity contribution is 5.67. The topological polar surface area (TPSA) is 136 Å². The SMILES string of the molecule is Cc1cn2c(NCCNc3ccc([N+](=O)[O-])c(N)n3)nc(-c3ccc(C(C)(C)C)cc3)cc2n1. The van der Waals surface area contributed by atoms with Crippen LogP contribution in [-0.4, -0.2) is 37.4 Å². The van der Waals surface area contributed by atoms with Crippen LogP contribution in [0, 0.1) is 17.0 Å². The number of hydrogen-bond acceptors (Lipinski definition) is 8. The van der Waals surface area contributed by atoms with Gasteiger partial charge in [0.2, 0.25) is 11.8 Å². The molecule has 0 bridgehead atoms. The number of hydrogen-bond donors (Lipinski definition) is 3. The smallest absolute Gasteiger partial charge is 0.311 e. The number of rotatable bonds is 7. The van der Waals surface area contributed by atoms with Crippen molar-refractivity contribution < 1.29 is 4.92 Å². The lowest BCUT2D eigenvalue weighted by Gasteiger charge is -2.19. The van der Waals surface area contributed by atoms with Crippen LogP contribution in [0.25, 0.3) is 16.9 Å². The van der Waals surface area contributed by atoms with Gasteiger partial charge in [-0.2, -0.15) is 0 Å². The first-order valence-electron chi connectivity index (χ1n) is 11.0. The Bertz CT molecular complexity index is 1340. The molecule has 0 atom stereocenters. The molecule has 0 amide bonds. The van der Waals surface area contributed by atoms with Crippen LogP contribution in [0.2, 0.25) is 0 Å². The number of fused-ring (bicyclic) bond motifs is 1. The van der Waals surface area contributed by atoms with Gasteiger partial charge in [0.1, 0.15) is 11.5 Å². The number of imidazole rings is 1. The van der Waals surface area contributed by atoms with Gasteiger partial charge >= 0.3 is 5.69 Å². The first-order valence-corrected chi connectivity index (χ1v) is 11.0. The zero-order chi connectivity index (χ0) is 24.5. The molecule has 3 aromatic heterocycles. The van der Waals surface area contributed by atoms with Crippen LogP contribution in [0.1, 0.15) is 32.0 Å². The number of anilines is 3. The average molecular weight is 461 g/mol. The largest absolute Gasteiger partial charge is 0.378 e. The minimum absolute atomic E-state index is 0.0824. The number of benzene rings is 1. The summed E-state index contributed by atoms with van der Waals surface area (Å²) in [4.78, 5) is 23.8. The van der Waals surface area contributed by atoms with Crippen molar-refractivity contribution in [3.8, 4) is 11.3 Å². The van der Waals surface area contributed by atoms with Crippen LogP contribution in [-0.2, 0) is 5.41 Å². The van der Waals surface area contributed by atoms with Crippen molar-refractivity contribution >= 4 is 28.9 Å². The van der Waals surface area contributed by atoms with Crippen molar-refractivity contribution in [2.45, 2.75) is 33.1 Å². The number of aromatic nitrogens is 4. The quantitative estimate of drug-likeness (QED) is 0.210. The molecule has 10 nitrogen and oxygen atoms in total. The van der Waals surface area contributed by atoms with E-state index < -0.39 is 4.92 Å². The molecule has 0 unspecified atom stereocenters. The third-order valence-corrected chi connectivity index (χ3v) is 5.43. The zero-order valence-corrected chi connectivity index (χ0v) is 19.7. The Morgan fingerprint density at radius 1 is 1.03 bits per heavy atom. The zero-order valence-electron chi connectivity index (χ0n) is 19.7. The molecule has 10 heteroatoms. The molecule has 0 radical (unpaired) electrons. The van der Waals surface area contributed by atoms with Crippen molar-refractivity contribution in [2.75, 3.05) is 29.5 Å². The minimum atomic E-state index is -0.554. The number of nitrogens with one attached hydrogen (secondary N) is 2. The molecule has 0 aliphatic carbocycles. The first kappa shape index (κ1) is 23.0. The Balaban J connectivity index is 1.51. The van der Waals surface area contributed by atoms with Crippen molar-refractivity contribution in [1.82, 2.24) is 19.4 Å². The maximum atomic E-state index is 10.9. The van der Waals surface area contributed by atoms with Gasteiger partial charge in [-0.05, 0) is 24.0 Å². The molecule has 0 aliphatic rings. The Morgan fingerprint density at radius 2 is 1.74 bits per heavy atom. The third-order valence-electron chi connectivity index (χ3n) is 5.43. The summed E-state index contributed by atoms with van der Waals surface area (Å²) in [5, 5.41) is 17.3. The van der Waals surface area contributed by atoms with E-state index in [1.54, 1.807) is 0 Å². The predicted molar refractivity (Wildman–Crippen MR) is 134 cm³/mol. The van der Waals surface area contributed by atoms with Gasteiger partial charge in [0.15, 0.2) is 0 Å². The van der Waals surface area contributed by atoms with E-state index in [9.17, 15) is 10.1 Å². The minimum Gasteiger partial charge on any atom is -0.378 e. The summed E-state index contributed by atoms with van der Waals surface area (Å²) < 4.78 is 1.92. The number of aryl methyl sites for hydroxylation is 1. The van der Waals surface area contributed by atoms with E-state index in [0.717, 1.165) is 22.6 Å². The van der Waals surface area contributed by atoms with Gasteiger partial charge in [-0.3, -0.25) is 14.5 Å². The summed E-state index contributed by atoms with van der Waals surface area (Å²) in [6.07, 6.45) is 1.93. The van der Waals surface area contributed by atoms with Crippen LogP contribution in [0.4, 0.5) is 23.3 Å². The molecule has 1 aromatic carbocycles. The van der Waals surface area contributed by atoms with Crippen molar-refractivity contribution in [1.29, 1.82) is 0 Å². The van der Waals surface area contributed by atoms with Gasteiger partial charge < -0.3 is 16.4 Å². The van der Waals surface area contributed by atoms with E-state index in [4.69, 9.17) is 10.7 Å². The lowest BCUT2D eigenvalue weighted by atomic mass is 9.86. The number of nitrogens with two attached hydrogens (primary N) is 1. The van der Waals surface area contributed by atoms with Gasteiger partial charge in [0, 0.05) is 37.0 Å². The second kappa shape index (κ2) is 8.97. The summed E-state index contributed by atoms with van der Waals surface area (Å²) in [7, 11) is 0. The van der Waals surface area contributed by atoms with Gasteiger partial charge in [0.25, 0.3) is 0 Å². The fraction of sp³-hybridized carbons (Fsp3) is 0.292. The monoisotopic (exact) mass is 460 g/mol. The molecular weight excluding hydrogens is 432 g/mol. The fourth-order valence-electron chi connectivity index (χ4n) is 3.61. The van der Waals surface area contributed by atoms with E-state index in [2.05, 4.69) is 65.6 Å². The molecule has 176 valence electrons. The molecule has 0 spiro atoms. The molecule has 4 rings (SSSR count). The number of pyridine rings is 1. The molecule has 4 N–H and O–H groups in total. The highest BCUT2D eigenvalue weighted by Gasteiger charge is 2.15. The Hall–Kier alpha value is -4.21.